The maximum atomic E-state index is 5.67. The normalized spacial score (nSPS) is 10.3. The third-order valence-electron chi connectivity index (χ3n) is 2.37. The second-order valence-electron chi connectivity index (χ2n) is 3.38. The van der Waals surface area contributed by atoms with Gasteiger partial charge in [0.15, 0.2) is 5.76 Å². The van der Waals surface area contributed by atoms with Gasteiger partial charge in [-0.25, -0.2) is 0 Å². The molecule has 0 spiro atoms. The summed E-state index contributed by atoms with van der Waals surface area (Å²) in [6.07, 6.45) is 0. The van der Waals surface area contributed by atoms with Gasteiger partial charge in [0.1, 0.15) is 17.2 Å². The molecule has 17 heavy (non-hydrogen) atoms. The monoisotopic (exact) mass is 253 g/mol. The minimum absolute atomic E-state index is 0.291. The molecule has 0 amide bonds. The average Bonchev–Trinajstić information content (AvgIpc) is 2.86. The summed E-state index contributed by atoms with van der Waals surface area (Å²) < 4.78 is 15.5. The van der Waals surface area contributed by atoms with Gasteiger partial charge in [0.25, 0.3) is 0 Å². The fourth-order valence-electron chi connectivity index (χ4n) is 1.52. The van der Waals surface area contributed by atoms with Crippen LogP contribution in [0.4, 0.5) is 0 Å². The first-order chi connectivity index (χ1) is 8.28. The van der Waals surface area contributed by atoms with Crippen LogP contribution < -0.4 is 9.47 Å². The zero-order chi connectivity index (χ0) is 12.3. The average molecular weight is 254 g/mol. The quantitative estimate of drug-likeness (QED) is 0.786. The van der Waals surface area contributed by atoms with Crippen molar-refractivity contribution in [2.24, 2.45) is 0 Å². The molecule has 0 aliphatic carbocycles. The van der Waals surface area contributed by atoms with Crippen molar-refractivity contribution in [2.75, 3.05) is 14.2 Å². The standard InChI is InChI=1S/C12H12ClNO3/c1-15-8-3-4-12(16-2)10(5-8)11-6-9(7-13)17-14-11/h3-6H,7H2,1-2H3. The van der Waals surface area contributed by atoms with Crippen molar-refractivity contribution >= 4 is 11.6 Å². The minimum Gasteiger partial charge on any atom is -0.497 e. The van der Waals surface area contributed by atoms with Crippen molar-refractivity contribution in [1.29, 1.82) is 0 Å². The van der Waals surface area contributed by atoms with Gasteiger partial charge in [-0.05, 0) is 18.2 Å². The van der Waals surface area contributed by atoms with Crippen LogP contribution in [-0.4, -0.2) is 19.4 Å². The lowest BCUT2D eigenvalue weighted by Gasteiger charge is -2.07. The fraction of sp³-hybridized carbons (Fsp3) is 0.250. The minimum atomic E-state index is 0.291. The van der Waals surface area contributed by atoms with E-state index in [-0.39, 0.29) is 0 Å². The molecule has 0 aliphatic rings. The van der Waals surface area contributed by atoms with Gasteiger partial charge in [-0.1, -0.05) is 5.16 Å². The first kappa shape index (κ1) is 11.8. The Morgan fingerprint density at radius 2 is 2.06 bits per heavy atom. The maximum Gasteiger partial charge on any atom is 0.152 e. The van der Waals surface area contributed by atoms with Crippen LogP contribution in [0.1, 0.15) is 5.76 Å². The predicted molar refractivity (Wildman–Crippen MR) is 64.6 cm³/mol. The van der Waals surface area contributed by atoms with Gasteiger partial charge in [-0.15, -0.1) is 11.6 Å². The summed E-state index contributed by atoms with van der Waals surface area (Å²) in [7, 11) is 3.21. The molecule has 90 valence electrons. The van der Waals surface area contributed by atoms with Crippen LogP contribution >= 0.6 is 11.6 Å². The molecule has 0 saturated carbocycles. The SMILES string of the molecule is COc1ccc(OC)c(-c2cc(CCl)on2)c1. The zero-order valence-electron chi connectivity index (χ0n) is 9.57. The molecular weight excluding hydrogens is 242 g/mol. The van der Waals surface area contributed by atoms with Gasteiger partial charge < -0.3 is 14.0 Å². The molecule has 2 rings (SSSR count). The molecule has 0 saturated heterocycles. The van der Waals surface area contributed by atoms with Crippen LogP contribution in [0.2, 0.25) is 0 Å². The molecule has 0 radical (unpaired) electrons. The van der Waals surface area contributed by atoms with E-state index in [1.165, 1.54) is 0 Å². The first-order valence-electron chi connectivity index (χ1n) is 5.02. The molecule has 2 aromatic rings. The lowest BCUT2D eigenvalue weighted by Crippen LogP contribution is -1.90. The van der Waals surface area contributed by atoms with Crippen molar-refractivity contribution in [2.45, 2.75) is 5.88 Å². The number of benzene rings is 1. The summed E-state index contributed by atoms with van der Waals surface area (Å²) in [5, 5.41) is 3.95. The van der Waals surface area contributed by atoms with Crippen LogP contribution in [0.3, 0.4) is 0 Å². The predicted octanol–water partition coefficient (Wildman–Crippen LogP) is 3.10. The van der Waals surface area contributed by atoms with E-state index in [0.29, 0.717) is 23.1 Å². The third-order valence-corrected chi connectivity index (χ3v) is 2.64. The van der Waals surface area contributed by atoms with Gasteiger partial charge in [0, 0.05) is 11.6 Å². The van der Waals surface area contributed by atoms with E-state index < -0.39 is 0 Å². The van der Waals surface area contributed by atoms with E-state index in [1.54, 1.807) is 20.3 Å². The van der Waals surface area contributed by atoms with Gasteiger partial charge >= 0.3 is 0 Å². The molecule has 0 bridgehead atoms. The summed E-state index contributed by atoms with van der Waals surface area (Å²) in [6.45, 7) is 0. The van der Waals surface area contributed by atoms with E-state index in [9.17, 15) is 0 Å². The Morgan fingerprint density at radius 1 is 1.24 bits per heavy atom. The second kappa shape index (κ2) is 5.10. The van der Waals surface area contributed by atoms with E-state index >= 15 is 0 Å². The van der Waals surface area contributed by atoms with Crippen LogP contribution in [0.15, 0.2) is 28.8 Å². The van der Waals surface area contributed by atoms with Crippen LogP contribution in [0, 0.1) is 0 Å². The van der Waals surface area contributed by atoms with Crippen molar-refractivity contribution in [1.82, 2.24) is 5.16 Å². The molecule has 1 heterocycles. The van der Waals surface area contributed by atoms with Gasteiger partial charge in [-0.2, -0.15) is 0 Å². The summed E-state index contributed by atoms with van der Waals surface area (Å²) in [5.74, 6) is 2.35. The highest BCUT2D eigenvalue weighted by Crippen LogP contribution is 2.33. The largest absolute Gasteiger partial charge is 0.497 e. The van der Waals surface area contributed by atoms with Gasteiger partial charge in [0.05, 0.1) is 20.1 Å². The van der Waals surface area contributed by atoms with E-state index in [0.717, 1.165) is 11.3 Å². The van der Waals surface area contributed by atoms with Crippen molar-refractivity contribution in [3.8, 4) is 22.8 Å². The summed E-state index contributed by atoms with van der Waals surface area (Å²) in [4.78, 5) is 0. The van der Waals surface area contributed by atoms with Crippen LogP contribution in [0.25, 0.3) is 11.3 Å². The lowest BCUT2D eigenvalue weighted by atomic mass is 10.1. The van der Waals surface area contributed by atoms with Crippen molar-refractivity contribution < 1.29 is 14.0 Å². The van der Waals surface area contributed by atoms with Crippen LogP contribution in [-0.2, 0) is 5.88 Å². The molecule has 5 heteroatoms. The summed E-state index contributed by atoms with van der Waals surface area (Å²) >= 11 is 5.67. The molecule has 1 aromatic heterocycles. The number of methoxy groups -OCH3 is 2. The number of halogens is 1. The first-order valence-corrected chi connectivity index (χ1v) is 5.56. The van der Waals surface area contributed by atoms with E-state index in [2.05, 4.69) is 5.16 Å². The number of aromatic nitrogens is 1. The highest BCUT2D eigenvalue weighted by Gasteiger charge is 2.12. The van der Waals surface area contributed by atoms with Crippen molar-refractivity contribution in [3.05, 3.63) is 30.0 Å². The third kappa shape index (κ3) is 2.36. The number of hydrogen-bond donors (Lipinski definition) is 0. The molecular formula is C12H12ClNO3. The summed E-state index contributed by atoms with van der Waals surface area (Å²) in [6, 6.07) is 7.27. The Labute approximate surface area is 104 Å². The Morgan fingerprint density at radius 3 is 2.65 bits per heavy atom. The molecule has 0 atom stereocenters. The second-order valence-corrected chi connectivity index (χ2v) is 3.65. The highest BCUT2D eigenvalue weighted by atomic mass is 35.5. The smallest absolute Gasteiger partial charge is 0.152 e. The Hall–Kier alpha value is -1.68. The Balaban J connectivity index is 2.47. The molecule has 0 aliphatic heterocycles. The van der Waals surface area contributed by atoms with E-state index in [1.807, 2.05) is 18.2 Å². The number of ether oxygens (including phenoxy) is 2. The molecule has 0 unspecified atom stereocenters. The lowest BCUT2D eigenvalue weighted by molar-refractivity contribution is 0.393. The zero-order valence-corrected chi connectivity index (χ0v) is 10.3. The number of alkyl halides is 1. The van der Waals surface area contributed by atoms with Crippen molar-refractivity contribution in [3.63, 3.8) is 0 Å². The van der Waals surface area contributed by atoms with Gasteiger partial charge in [0.2, 0.25) is 0 Å². The van der Waals surface area contributed by atoms with Gasteiger partial charge in [-0.3, -0.25) is 0 Å². The van der Waals surface area contributed by atoms with Crippen LogP contribution in [0.5, 0.6) is 11.5 Å². The van der Waals surface area contributed by atoms with E-state index in [4.69, 9.17) is 25.6 Å². The summed E-state index contributed by atoms with van der Waals surface area (Å²) in [5.41, 5.74) is 1.49. The molecule has 4 nitrogen and oxygen atoms in total. The topological polar surface area (TPSA) is 44.5 Å². The molecule has 0 fully saturated rings. The highest BCUT2D eigenvalue weighted by molar-refractivity contribution is 6.16. The number of nitrogens with zero attached hydrogens (tertiary/aromatic N) is 1. The molecule has 0 N–H and O–H groups in total. The maximum absolute atomic E-state index is 5.67. The Bertz CT molecular complexity index is 510. The number of hydrogen-bond acceptors (Lipinski definition) is 4. The number of rotatable bonds is 4. The Kier molecular flexibility index (Phi) is 3.54. The fourth-order valence-corrected chi connectivity index (χ4v) is 1.64. The molecule has 1 aromatic carbocycles.